The summed E-state index contributed by atoms with van der Waals surface area (Å²) < 4.78 is 11.2. The molecule has 1 aliphatic heterocycles. The van der Waals surface area contributed by atoms with Crippen molar-refractivity contribution in [3.63, 3.8) is 0 Å². The molecule has 110 valence electrons. The van der Waals surface area contributed by atoms with Crippen molar-refractivity contribution in [2.24, 2.45) is 0 Å². The van der Waals surface area contributed by atoms with Crippen LogP contribution in [0, 0.1) is 0 Å². The lowest BCUT2D eigenvalue weighted by molar-refractivity contribution is -0.162. The molecule has 0 aromatic heterocycles. The van der Waals surface area contributed by atoms with Crippen molar-refractivity contribution in [3.05, 3.63) is 24.3 Å². The molecule has 0 radical (unpaired) electrons. The molecular weight excluding hydrogens is 236 g/mol. The van der Waals surface area contributed by atoms with Crippen LogP contribution in [0.3, 0.4) is 0 Å². The summed E-state index contributed by atoms with van der Waals surface area (Å²) in [6.07, 6.45) is 19.8. The number of unbranched alkanes of at least 4 members (excludes halogenated alkanes) is 5. The zero-order chi connectivity index (χ0) is 13.6. The monoisotopic (exact) mass is 266 g/mol. The molecule has 1 fully saturated rings. The molecule has 0 aromatic rings. The fourth-order valence-electron chi connectivity index (χ4n) is 2.24. The van der Waals surface area contributed by atoms with Gasteiger partial charge in [-0.15, -0.1) is 0 Å². The average Bonchev–Trinajstić information content (AvgIpc) is 2.46. The zero-order valence-electron chi connectivity index (χ0n) is 12.5. The number of allylic oxidation sites excluding steroid dienone is 4. The van der Waals surface area contributed by atoms with Crippen LogP contribution in [-0.2, 0) is 9.47 Å². The van der Waals surface area contributed by atoms with Crippen LogP contribution in [0.25, 0.3) is 0 Å². The van der Waals surface area contributed by atoms with Crippen LogP contribution in [0.2, 0.25) is 0 Å². The van der Waals surface area contributed by atoms with Crippen LogP contribution in [-0.4, -0.2) is 19.5 Å². The topological polar surface area (TPSA) is 18.5 Å². The van der Waals surface area contributed by atoms with Crippen molar-refractivity contribution in [1.29, 1.82) is 0 Å². The van der Waals surface area contributed by atoms with Crippen molar-refractivity contribution in [3.8, 4) is 0 Å². The number of ether oxygens (including phenoxy) is 2. The van der Waals surface area contributed by atoms with Gasteiger partial charge in [0.15, 0.2) is 6.29 Å². The van der Waals surface area contributed by atoms with Gasteiger partial charge in [0.1, 0.15) is 0 Å². The van der Waals surface area contributed by atoms with E-state index in [0.717, 1.165) is 19.6 Å². The fraction of sp³-hybridized carbons (Fsp3) is 0.765. The van der Waals surface area contributed by atoms with E-state index in [-0.39, 0.29) is 6.29 Å². The first-order valence-electron chi connectivity index (χ1n) is 7.94. The lowest BCUT2D eigenvalue weighted by Crippen LogP contribution is -2.22. The zero-order valence-corrected chi connectivity index (χ0v) is 12.5. The number of rotatable bonds is 10. The highest BCUT2D eigenvalue weighted by molar-refractivity contribution is 5.00. The first kappa shape index (κ1) is 16.5. The van der Waals surface area contributed by atoms with E-state index >= 15 is 0 Å². The van der Waals surface area contributed by atoms with Gasteiger partial charge < -0.3 is 9.47 Å². The van der Waals surface area contributed by atoms with E-state index in [4.69, 9.17) is 9.47 Å². The smallest absolute Gasteiger partial charge is 0.157 e. The second kappa shape index (κ2) is 12.4. The molecule has 1 saturated heterocycles. The van der Waals surface area contributed by atoms with Gasteiger partial charge in [0.25, 0.3) is 0 Å². The number of hydrogen-bond donors (Lipinski definition) is 0. The maximum Gasteiger partial charge on any atom is 0.157 e. The highest BCUT2D eigenvalue weighted by Crippen LogP contribution is 2.14. The van der Waals surface area contributed by atoms with Crippen molar-refractivity contribution in [2.75, 3.05) is 13.2 Å². The molecule has 1 atom stereocenters. The third kappa shape index (κ3) is 9.92. The number of hydrogen-bond acceptors (Lipinski definition) is 2. The summed E-state index contributed by atoms with van der Waals surface area (Å²) in [4.78, 5) is 0. The van der Waals surface area contributed by atoms with Gasteiger partial charge in [-0.1, -0.05) is 43.6 Å². The Morgan fingerprint density at radius 3 is 2.68 bits per heavy atom. The minimum atomic E-state index is 0.0884. The second-order valence-electron chi connectivity index (χ2n) is 5.18. The first-order chi connectivity index (χ1) is 9.43. The molecule has 0 N–H and O–H groups in total. The molecule has 1 aliphatic rings. The molecule has 0 aliphatic carbocycles. The van der Waals surface area contributed by atoms with E-state index in [1.54, 1.807) is 0 Å². The Morgan fingerprint density at radius 2 is 1.89 bits per heavy atom. The normalized spacial score (nSPS) is 20.6. The molecule has 19 heavy (non-hydrogen) atoms. The van der Waals surface area contributed by atoms with E-state index in [9.17, 15) is 0 Å². The van der Waals surface area contributed by atoms with Gasteiger partial charge in [-0.3, -0.25) is 0 Å². The molecule has 0 aromatic carbocycles. The highest BCUT2D eigenvalue weighted by atomic mass is 16.7. The van der Waals surface area contributed by atoms with Crippen molar-refractivity contribution in [1.82, 2.24) is 0 Å². The van der Waals surface area contributed by atoms with E-state index in [2.05, 4.69) is 24.3 Å². The average molecular weight is 266 g/mol. The van der Waals surface area contributed by atoms with Gasteiger partial charge in [-0.25, -0.2) is 0 Å². The van der Waals surface area contributed by atoms with Crippen molar-refractivity contribution in [2.45, 2.75) is 71.0 Å². The Kier molecular flexibility index (Phi) is 10.8. The minimum Gasteiger partial charge on any atom is -0.353 e. The molecule has 2 heteroatoms. The van der Waals surface area contributed by atoms with Gasteiger partial charge in [-0.2, -0.15) is 0 Å². The van der Waals surface area contributed by atoms with Gasteiger partial charge in [0.2, 0.25) is 0 Å². The van der Waals surface area contributed by atoms with Crippen molar-refractivity contribution >= 4 is 0 Å². The summed E-state index contributed by atoms with van der Waals surface area (Å²) in [5, 5.41) is 0. The van der Waals surface area contributed by atoms with E-state index in [0.29, 0.717) is 0 Å². The third-order valence-electron chi connectivity index (χ3n) is 3.40. The summed E-state index contributed by atoms with van der Waals surface area (Å²) in [5.74, 6) is 0. The molecule has 0 amide bonds. The molecule has 2 nitrogen and oxygen atoms in total. The van der Waals surface area contributed by atoms with Gasteiger partial charge in [-0.05, 0) is 45.4 Å². The second-order valence-corrected chi connectivity index (χ2v) is 5.18. The predicted octanol–water partition coefficient (Wildman–Crippen LogP) is 5.00. The summed E-state index contributed by atoms with van der Waals surface area (Å²) in [5.41, 5.74) is 0. The molecule has 0 saturated carbocycles. The van der Waals surface area contributed by atoms with Crippen molar-refractivity contribution < 1.29 is 9.47 Å². The lowest BCUT2D eigenvalue weighted by Gasteiger charge is -2.22. The van der Waals surface area contributed by atoms with Gasteiger partial charge in [0, 0.05) is 13.2 Å². The molecule has 1 unspecified atom stereocenters. The van der Waals surface area contributed by atoms with Crippen LogP contribution in [0.1, 0.15) is 64.7 Å². The molecule has 1 heterocycles. The quantitative estimate of drug-likeness (QED) is 0.409. The molecule has 0 spiro atoms. The van der Waals surface area contributed by atoms with Crippen LogP contribution in [0.5, 0.6) is 0 Å². The Bertz CT molecular complexity index is 240. The highest BCUT2D eigenvalue weighted by Gasteiger charge is 2.12. The summed E-state index contributed by atoms with van der Waals surface area (Å²) in [6.45, 7) is 3.79. The standard InChI is InChI=1S/C17H30O2/c1-2-3-4-5-6-7-8-9-10-12-15-18-17-14-11-13-16-19-17/h2-5,17H,6-16H2,1H3/b3-2-,5-4+. The van der Waals surface area contributed by atoms with E-state index in [1.165, 1.54) is 51.4 Å². The molecular formula is C17H30O2. The first-order valence-corrected chi connectivity index (χ1v) is 7.94. The fourth-order valence-corrected chi connectivity index (χ4v) is 2.24. The Labute approximate surface area is 118 Å². The molecule has 1 rings (SSSR count). The molecule has 0 bridgehead atoms. The lowest BCUT2D eigenvalue weighted by atomic mass is 10.1. The Balaban J connectivity index is 1.78. The van der Waals surface area contributed by atoms with Gasteiger partial charge >= 0.3 is 0 Å². The maximum atomic E-state index is 5.71. The Morgan fingerprint density at radius 1 is 1.05 bits per heavy atom. The van der Waals surface area contributed by atoms with Gasteiger partial charge in [0.05, 0.1) is 0 Å². The van der Waals surface area contributed by atoms with E-state index in [1.807, 2.05) is 6.92 Å². The predicted molar refractivity (Wildman–Crippen MR) is 81.2 cm³/mol. The van der Waals surface area contributed by atoms with Crippen LogP contribution in [0.4, 0.5) is 0 Å². The van der Waals surface area contributed by atoms with Crippen LogP contribution < -0.4 is 0 Å². The van der Waals surface area contributed by atoms with Crippen LogP contribution in [0.15, 0.2) is 24.3 Å². The largest absolute Gasteiger partial charge is 0.353 e. The van der Waals surface area contributed by atoms with E-state index < -0.39 is 0 Å². The van der Waals surface area contributed by atoms with Crippen LogP contribution >= 0.6 is 0 Å². The summed E-state index contributed by atoms with van der Waals surface area (Å²) >= 11 is 0. The summed E-state index contributed by atoms with van der Waals surface area (Å²) in [7, 11) is 0. The third-order valence-corrected chi connectivity index (χ3v) is 3.40. The summed E-state index contributed by atoms with van der Waals surface area (Å²) in [6, 6.07) is 0. The maximum absolute atomic E-state index is 5.71. The minimum absolute atomic E-state index is 0.0884. The SMILES string of the molecule is C/C=C\C=C\CCCCCCCOC1CCCCO1. The Hall–Kier alpha value is -0.600.